The van der Waals surface area contributed by atoms with E-state index in [1.807, 2.05) is 19.9 Å². The van der Waals surface area contributed by atoms with E-state index in [9.17, 15) is 0 Å². The summed E-state index contributed by atoms with van der Waals surface area (Å²) in [6, 6.07) is 1.90. The summed E-state index contributed by atoms with van der Waals surface area (Å²) in [6.45, 7) is 6.37. The Morgan fingerprint density at radius 2 is 2.00 bits per heavy atom. The van der Waals surface area contributed by atoms with Gasteiger partial charge in [-0.2, -0.15) is 0 Å². The fourth-order valence-corrected chi connectivity index (χ4v) is 1.81. The van der Waals surface area contributed by atoms with Crippen LogP contribution in [0.1, 0.15) is 32.5 Å². The number of methoxy groups -OCH3 is 1. The predicted octanol–water partition coefficient (Wildman–Crippen LogP) is 1.88. The Kier molecular flexibility index (Phi) is 7.91. The van der Waals surface area contributed by atoms with Gasteiger partial charge in [-0.05, 0) is 25.7 Å². The molecule has 0 aliphatic rings. The molecule has 1 aromatic heterocycles. The molecule has 0 amide bonds. The minimum absolute atomic E-state index is 0.246. The summed E-state index contributed by atoms with van der Waals surface area (Å²) in [5, 5.41) is 15.5. The Morgan fingerprint density at radius 3 is 2.60 bits per heavy atom. The molecule has 3 N–H and O–H groups in total. The van der Waals surface area contributed by atoms with E-state index in [1.165, 1.54) is 0 Å². The zero-order valence-electron chi connectivity index (χ0n) is 12.6. The molecule has 0 aromatic carbocycles. The first kappa shape index (κ1) is 16.7. The Morgan fingerprint density at radius 1 is 1.30 bits per heavy atom. The molecule has 114 valence electrons. The van der Waals surface area contributed by atoms with Crippen LogP contribution in [0.25, 0.3) is 0 Å². The second-order valence-electron chi connectivity index (χ2n) is 4.87. The van der Waals surface area contributed by atoms with Gasteiger partial charge >= 0.3 is 0 Å². The van der Waals surface area contributed by atoms with Crippen LogP contribution in [0.15, 0.2) is 6.07 Å². The normalized spacial score (nSPS) is 12.2. The summed E-state index contributed by atoms with van der Waals surface area (Å²) < 4.78 is 5.08. The molecule has 20 heavy (non-hydrogen) atoms. The van der Waals surface area contributed by atoms with Gasteiger partial charge in [-0.15, -0.1) is 0 Å². The van der Waals surface area contributed by atoms with Crippen molar-refractivity contribution in [3.8, 4) is 0 Å². The zero-order chi connectivity index (χ0) is 14.8. The average Bonchev–Trinajstić information content (AvgIpc) is 2.44. The molecular weight excluding hydrogens is 256 g/mol. The van der Waals surface area contributed by atoms with E-state index in [2.05, 4.69) is 20.6 Å². The number of aliphatic hydroxyl groups is 1. The Hall–Kier alpha value is -1.40. The molecule has 6 heteroatoms. The monoisotopic (exact) mass is 282 g/mol. The number of aliphatic hydroxyl groups excluding tert-OH is 1. The van der Waals surface area contributed by atoms with Crippen molar-refractivity contribution in [3.05, 3.63) is 11.9 Å². The van der Waals surface area contributed by atoms with Crippen LogP contribution >= 0.6 is 0 Å². The maximum atomic E-state index is 8.98. The second kappa shape index (κ2) is 9.50. The lowest BCUT2D eigenvalue weighted by Gasteiger charge is -2.11. The average molecular weight is 282 g/mol. The Labute approximate surface area is 121 Å². The zero-order valence-corrected chi connectivity index (χ0v) is 12.6. The fourth-order valence-electron chi connectivity index (χ4n) is 1.81. The maximum absolute atomic E-state index is 8.98. The van der Waals surface area contributed by atoms with E-state index in [0.717, 1.165) is 37.6 Å². The fraction of sp³-hybridized carbons (Fsp3) is 0.714. The van der Waals surface area contributed by atoms with Crippen LogP contribution in [-0.4, -0.2) is 41.9 Å². The first-order valence-electron chi connectivity index (χ1n) is 7.15. The minimum atomic E-state index is 0.246. The molecule has 0 radical (unpaired) electrons. The SMILES string of the molecule is CCNc1cc(NCCCC(C)CO)nc(COC)n1. The molecule has 1 heterocycles. The van der Waals surface area contributed by atoms with Crippen molar-refractivity contribution in [2.24, 2.45) is 5.92 Å². The molecule has 0 spiro atoms. The van der Waals surface area contributed by atoms with Crippen molar-refractivity contribution in [2.75, 3.05) is 37.4 Å². The molecule has 1 unspecified atom stereocenters. The van der Waals surface area contributed by atoms with Crippen molar-refractivity contribution >= 4 is 11.6 Å². The van der Waals surface area contributed by atoms with Crippen LogP contribution in [0.2, 0.25) is 0 Å². The van der Waals surface area contributed by atoms with E-state index in [4.69, 9.17) is 9.84 Å². The van der Waals surface area contributed by atoms with Crippen LogP contribution < -0.4 is 10.6 Å². The molecule has 0 saturated heterocycles. The number of hydrogen-bond donors (Lipinski definition) is 3. The smallest absolute Gasteiger partial charge is 0.158 e. The lowest BCUT2D eigenvalue weighted by atomic mass is 10.1. The molecule has 0 fully saturated rings. The van der Waals surface area contributed by atoms with Gasteiger partial charge in [-0.3, -0.25) is 0 Å². The Bertz CT molecular complexity index is 363. The number of hydrogen-bond acceptors (Lipinski definition) is 6. The van der Waals surface area contributed by atoms with Crippen molar-refractivity contribution < 1.29 is 9.84 Å². The van der Waals surface area contributed by atoms with Gasteiger partial charge in [-0.25, -0.2) is 9.97 Å². The van der Waals surface area contributed by atoms with Crippen LogP contribution in [0.5, 0.6) is 0 Å². The summed E-state index contributed by atoms with van der Waals surface area (Å²) in [7, 11) is 1.63. The van der Waals surface area contributed by atoms with Crippen LogP contribution in [-0.2, 0) is 11.3 Å². The van der Waals surface area contributed by atoms with Gasteiger partial charge in [0.2, 0.25) is 0 Å². The molecule has 0 bridgehead atoms. The van der Waals surface area contributed by atoms with Gasteiger partial charge in [0.15, 0.2) is 5.82 Å². The predicted molar refractivity (Wildman–Crippen MR) is 80.9 cm³/mol. The van der Waals surface area contributed by atoms with E-state index in [-0.39, 0.29) is 6.61 Å². The third kappa shape index (κ3) is 6.16. The standard InChI is InChI=1S/C14H26N4O2/c1-4-15-12-8-13(18-14(17-12)10-20-3)16-7-5-6-11(2)9-19/h8,11,19H,4-7,9-10H2,1-3H3,(H2,15,16,17,18). The van der Waals surface area contributed by atoms with Gasteiger partial charge in [0, 0.05) is 32.9 Å². The number of nitrogens with zero attached hydrogens (tertiary/aromatic N) is 2. The van der Waals surface area contributed by atoms with E-state index in [1.54, 1.807) is 7.11 Å². The largest absolute Gasteiger partial charge is 0.396 e. The van der Waals surface area contributed by atoms with E-state index in [0.29, 0.717) is 18.3 Å². The summed E-state index contributed by atoms with van der Waals surface area (Å²) in [5.41, 5.74) is 0. The molecule has 0 aliphatic carbocycles. The Balaban J connectivity index is 2.54. The topological polar surface area (TPSA) is 79.3 Å². The summed E-state index contributed by atoms with van der Waals surface area (Å²) >= 11 is 0. The highest BCUT2D eigenvalue weighted by Crippen LogP contribution is 2.12. The second-order valence-corrected chi connectivity index (χ2v) is 4.87. The quantitative estimate of drug-likeness (QED) is 0.569. The molecule has 0 aliphatic heterocycles. The number of rotatable bonds is 10. The van der Waals surface area contributed by atoms with Gasteiger partial charge in [0.05, 0.1) is 0 Å². The number of aromatic nitrogens is 2. The van der Waals surface area contributed by atoms with Gasteiger partial charge in [0.1, 0.15) is 18.2 Å². The maximum Gasteiger partial charge on any atom is 0.158 e. The van der Waals surface area contributed by atoms with Crippen LogP contribution in [0.4, 0.5) is 11.6 Å². The van der Waals surface area contributed by atoms with Crippen molar-refractivity contribution in [3.63, 3.8) is 0 Å². The number of nitrogens with one attached hydrogen (secondary N) is 2. The summed E-state index contributed by atoms with van der Waals surface area (Å²) in [5.74, 6) is 2.63. The summed E-state index contributed by atoms with van der Waals surface area (Å²) in [4.78, 5) is 8.77. The first-order chi connectivity index (χ1) is 9.69. The van der Waals surface area contributed by atoms with Crippen molar-refractivity contribution in [1.82, 2.24) is 9.97 Å². The highest BCUT2D eigenvalue weighted by Gasteiger charge is 2.04. The number of ether oxygens (including phenoxy) is 1. The summed E-state index contributed by atoms with van der Waals surface area (Å²) in [6.07, 6.45) is 2.00. The minimum Gasteiger partial charge on any atom is -0.396 e. The highest BCUT2D eigenvalue weighted by atomic mass is 16.5. The molecule has 6 nitrogen and oxygen atoms in total. The van der Waals surface area contributed by atoms with Crippen LogP contribution in [0, 0.1) is 5.92 Å². The van der Waals surface area contributed by atoms with E-state index >= 15 is 0 Å². The third-order valence-corrected chi connectivity index (χ3v) is 2.90. The molecule has 0 saturated carbocycles. The lowest BCUT2D eigenvalue weighted by Crippen LogP contribution is -2.10. The number of anilines is 2. The third-order valence-electron chi connectivity index (χ3n) is 2.90. The van der Waals surface area contributed by atoms with Crippen molar-refractivity contribution in [1.29, 1.82) is 0 Å². The highest BCUT2D eigenvalue weighted by molar-refractivity contribution is 5.47. The lowest BCUT2D eigenvalue weighted by molar-refractivity contribution is 0.178. The van der Waals surface area contributed by atoms with Crippen molar-refractivity contribution in [2.45, 2.75) is 33.3 Å². The van der Waals surface area contributed by atoms with Gasteiger partial charge in [0.25, 0.3) is 0 Å². The molecule has 1 atom stereocenters. The molecule has 1 aromatic rings. The van der Waals surface area contributed by atoms with E-state index < -0.39 is 0 Å². The molecular formula is C14H26N4O2. The van der Waals surface area contributed by atoms with Gasteiger partial charge in [-0.1, -0.05) is 6.92 Å². The van der Waals surface area contributed by atoms with Gasteiger partial charge < -0.3 is 20.5 Å². The molecule has 1 rings (SSSR count). The first-order valence-corrected chi connectivity index (χ1v) is 7.15. The van der Waals surface area contributed by atoms with Crippen LogP contribution in [0.3, 0.4) is 0 Å².